The average molecular weight is 572 g/mol. The van der Waals surface area contributed by atoms with E-state index in [2.05, 4.69) is 15.3 Å². The van der Waals surface area contributed by atoms with Crippen LogP contribution in [0.25, 0.3) is 89.7 Å². The van der Waals surface area contributed by atoms with Crippen molar-refractivity contribution < 1.29 is 0 Å². The molecule has 0 unspecified atom stereocenters. The Morgan fingerprint density at radius 1 is 0.500 bits per heavy atom. The zero-order chi connectivity index (χ0) is 29.4. The molecule has 0 atom stereocenters. The number of nitrogens with one attached hydrogen (secondary N) is 4. The minimum absolute atomic E-state index is 0.188. The van der Waals surface area contributed by atoms with Gasteiger partial charge in [0.2, 0.25) is 0 Å². The zero-order valence-corrected chi connectivity index (χ0v) is 22.9. The van der Waals surface area contributed by atoms with E-state index >= 15 is 0 Å². The molecule has 0 saturated carbocycles. The van der Waals surface area contributed by atoms with Gasteiger partial charge in [-0.2, -0.15) is 0 Å². The Morgan fingerprint density at radius 2 is 0.909 bits per heavy atom. The lowest BCUT2D eigenvalue weighted by Gasteiger charge is -2.05. The van der Waals surface area contributed by atoms with E-state index in [9.17, 15) is 0 Å². The minimum Gasteiger partial charge on any atom is -0.370 e. The Kier molecular flexibility index (Phi) is 4.94. The molecule has 208 valence electrons. The van der Waals surface area contributed by atoms with Crippen molar-refractivity contribution >= 4 is 55.8 Å². The van der Waals surface area contributed by atoms with Crippen LogP contribution in [0.15, 0.2) is 91.0 Å². The lowest BCUT2D eigenvalue weighted by molar-refractivity contribution is 1.19. The summed E-state index contributed by atoms with van der Waals surface area (Å²) < 4.78 is 0. The van der Waals surface area contributed by atoms with Crippen LogP contribution in [-0.2, 0) is 0 Å². The van der Waals surface area contributed by atoms with Crippen molar-refractivity contribution in [3.63, 3.8) is 0 Å². The molecule has 5 heterocycles. The van der Waals surface area contributed by atoms with Crippen LogP contribution in [0.5, 0.6) is 0 Å². The smallest absolute Gasteiger partial charge is 0.190 e. The second-order valence-electron chi connectivity index (χ2n) is 10.5. The van der Waals surface area contributed by atoms with Crippen LogP contribution in [-0.4, -0.2) is 45.8 Å². The Hall–Kier alpha value is -6.49. The van der Waals surface area contributed by atoms with E-state index in [0.717, 1.165) is 43.8 Å². The monoisotopic (exact) mass is 571 g/mol. The first-order chi connectivity index (χ1) is 21.6. The molecule has 0 radical (unpaired) electrons. The van der Waals surface area contributed by atoms with Crippen molar-refractivity contribution in [3.8, 4) is 45.6 Å². The van der Waals surface area contributed by atoms with Crippen LogP contribution in [0.2, 0.25) is 0 Å². The summed E-state index contributed by atoms with van der Waals surface area (Å²) in [4.78, 5) is 36.7. The topological polar surface area (TPSA) is 171 Å². The molecule has 2 aliphatic heterocycles. The third-order valence-electron chi connectivity index (χ3n) is 7.85. The summed E-state index contributed by atoms with van der Waals surface area (Å²) >= 11 is 0. The maximum Gasteiger partial charge on any atom is 0.190 e. The number of aromatic amines is 2. The molecule has 0 spiro atoms. The van der Waals surface area contributed by atoms with E-state index < -0.39 is 0 Å². The van der Waals surface area contributed by atoms with Gasteiger partial charge in [0.1, 0.15) is 22.6 Å². The number of fused-ring (bicyclic) bond motifs is 20. The van der Waals surface area contributed by atoms with E-state index in [0.29, 0.717) is 51.6 Å². The number of anilines is 1. The first-order valence-electron chi connectivity index (χ1n) is 13.9. The zero-order valence-electron chi connectivity index (χ0n) is 22.9. The van der Waals surface area contributed by atoms with E-state index in [-0.39, 0.29) is 5.96 Å². The van der Waals surface area contributed by atoms with Gasteiger partial charge < -0.3 is 21.0 Å². The number of aromatic nitrogens is 8. The van der Waals surface area contributed by atoms with Gasteiger partial charge in [0.25, 0.3) is 0 Å². The van der Waals surface area contributed by atoms with Gasteiger partial charge in [-0.15, -0.1) is 0 Å². The van der Waals surface area contributed by atoms with Crippen LogP contribution < -0.4 is 11.1 Å². The van der Waals surface area contributed by atoms with Crippen molar-refractivity contribution in [1.29, 1.82) is 5.41 Å². The Labute approximate surface area is 248 Å². The maximum atomic E-state index is 7.90. The molecule has 4 aromatic carbocycles. The lowest BCUT2D eigenvalue weighted by Crippen LogP contribution is -2.20. The van der Waals surface area contributed by atoms with Crippen LogP contribution in [0.3, 0.4) is 0 Å². The number of rotatable bonds is 1. The molecule has 2 aliphatic rings. The van der Waals surface area contributed by atoms with Gasteiger partial charge >= 0.3 is 0 Å². The Bertz CT molecular complexity index is 2520. The summed E-state index contributed by atoms with van der Waals surface area (Å²) in [5, 5.41) is 14.2. The van der Waals surface area contributed by atoms with Crippen LogP contribution in [0.4, 0.5) is 5.69 Å². The SMILES string of the molecule is N=C(N)Nc1cccc2c3nc4nc(nc5[nH]c(nc6nc(nc([nH]3)c12)-c1ccccc1-6)c1ccccc51)-c1ccccc1-4. The highest BCUT2D eigenvalue weighted by atomic mass is 15.1. The van der Waals surface area contributed by atoms with Crippen molar-refractivity contribution in [1.82, 2.24) is 39.9 Å². The number of nitrogens with two attached hydrogens (primary N) is 1. The molecular formula is C33H21N11. The molecule has 7 aromatic rings. The summed E-state index contributed by atoms with van der Waals surface area (Å²) in [7, 11) is 0. The number of H-pyrrole nitrogens is 2. The molecule has 11 nitrogen and oxygen atoms in total. The van der Waals surface area contributed by atoms with Crippen molar-refractivity contribution in [3.05, 3.63) is 91.0 Å². The summed E-state index contributed by atoms with van der Waals surface area (Å²) in [5.74, 6) is 1.91. The molecule has 9 rings (SSSR count). The second kappa shape index (κ2) is 9.00. The van der Waals surface area contributed by atoms with Crippen molar-refractivity contribution in [2.75, 3.05) is 5.32 Å². The van der Waals surface area contributed by atoms with Crippen LogP contribution in [0, 0.1) is 5.41 Å². The van der Waals surface area contributed by atoms with E-state index in [4.69, 9.17) is 41.0 Å². The van der Waals surface area contributed by atoms with Crippen molar-refractivity contribution in [2.24, 2.45) is 5.73 Å². The Morgan fingerprint density at radius 3 is 1.41 bits per heavy atom. The van der Waals surface area contributed by atoms with E-state index in [1.807, 2.05) is 91.0 Å². The number of hydrogen-bond acceptors (Lipinski definition) is 7. The van der Waals surface area contributed by atoms with Gasteiger partial charge in [0.15, 0.2) is 29.3 Å². The molecule has 6 N–H and O–H groups in total. The highest BCUT2D eigenvalue weighted by molar-refractivity contribution is 6.14. The van der Waals surface area contributed by atoms with E-state index in [1.54, 1.807) is 0 Å². The predicted molar refractivity (Wildman–Crippen MR) is 172 cm³/mol. The number of guanidine groups is 1. The van der Waals surface area contributed by atoms with Crippen LogP contribution in [0.1, 0.15) is 0 Å². The molecule has 8 bridgehead atoms. The van der Waals surface area contributed by atoms with Crippen molar-refractivity contribution in [2.45, 2.75) is 0 Å². The standard InChI is InChI=1S/C33H21N11/c34-33(35)36-23-15-7-14-22-24(23)32-43-30-21-13-6-5-12-20(21)28(41-30)39-26-17-9-2-1-8-16(17)25(37-26)38-27-18-10-3-4-11-19(18)29(40-27)42-31(22)44-32/h1-15H,(H4,34,35,36)(H2,37,38,39,40,41,42,43,44). The predicted octanol–water partition coefficient (Wildman–Crippen LogP) is 6.17. The van der Waals surface area contributed by atoms with Gasteiger partial charge in [-0.05, 0) is 6.07 Å². The fraction of sp³-hybridized carbons (Fsp3) is 0. The van der Waals surface area contributed by atoms with Gasteiger partial charge in [-0.25, -0.2) is 29.9 Å². The largest absolute Gasteiger partial charge is 0.370 e. The summed E-state index contributed by atoms with van der Waals surface area (Å²) in [6.07, 6.45) is 0. The second-order valence-corrected chi connectivity index (χ2v) is 10.5. The van der Waals surface area contributed by atoms with Gasteiger partial charge in [-0.3, -0.25) is 5.41 Å². The molecule has 0 saturated heterocycles. The normalized spacial score (nSPS) is 11.8. The minimum atomic E-state index is -0.188. The molecule has 11 heteroatoms. The highest BCUT2D eigenvalue weighted by Gasteiger charge is 2.22. The number of benzene rings is 4. The first-order valence-corrected chi connectivity index (χ1v) is 13.9. The molecule has 3 aromatic heterocycles. The molecule has 44 heavy (non-hydrogen) atoms. The maximum absolute atomic E-state index is 7.90. The van der Waals surface area contributed by atoms with Gasteiger partial charge in [0, 0.05) is 38.4 Å². The van der Waals surface area contributed by atoms with Gasteiger partial charge in [-0.1, -0.05) is 84.9 Å². The summed E-state index contributed by atoms with van der Waals surface area (Å²) in [6, 6.07) is 29.5. The average Bonchev–Trinajstić information content (AvgIpc) is 3.77. The highest BCUT2D eigenvalue weighted by Crippen LogP contribution is 2.37. The van der Waals surface area contributed by atoms with Crippen LogP contribution >= 0.6 is 0 Å². The third kappa shape index (κ3) is 3.59. The summed E-state index contributed by atoms with van der Waals surface area (Å²) in [6.45, 7) is 0. The fourth-order valence-electron chi connectivity index (χ4n) is 5.94. The quantitative estimate of drug-likeness (QED) is 0.115. The Balaban J connectivity index is 1.50. The molecule has 0 fully saturated rings. The third-order valence-corrected chi connectivity index (χ3v) is 7.85. The lowest BCUT2D eigenvalue weighted by atomic mass is 10.1. The fourth-order valence-corrected chi connectivity index (χ4v) is 5.94. The van der Waals surface area contributed by atoms with Gasteiger partial charge in [0.05, 0.1) is 11.1 Å². The number of nitrogens with zero attached hydrogens (tertiary/aromatic N) is 6. The molecule has 0 aliphatic carbocycles. The summed E-state index contributed by atoms with van der Waals surface area (Å²) in [5.41, 5.74) is 12.2. The van der Waals surface area contributed by atoms with E-state index in [1.165, 1.54) is 0 Å². The molecular weight excluding hydrogens is 550 g/mol. The first kappa shape index (κ1) is 24.1. The molecule has 0 amide bonds. The number of hydrogen-bond donors (Lipinski definition) is 5.